The van der Waals surface area contributed by atoms with Gasteiger partial charge in [-0.3, -0.25) is 4.79 Å². The van der Waals surface area contributed by atoms with E-state index in [1.165, 1.54) is 5.56 Å². The lowest BCUT2D eigenvalue weighted by molar-refractivity contribution is 0.0935. The summed E-state index contributed by atoms with van der Waals surface area (Å²) in [5.74, 6) is 0.514. The highest BCUT2D eigenvalue weighted by atomic mass is 79.9. The van der Waals surface area contributed by atoms with E-state index in [0.717, 1.165) is 17.3 Å². The van der Waals surface area contributed by atoms with Gasteiger partial charge in [0.15, 0.2) is 0 Å². The molecular weight excluding hydrogens is 354 g/mol. The second-order valence-electron chi connectivity index (χ2n) is 5.51. The lowest BCUT2D eigenvalue weighted by Crippen LogP contribution is -2.32. The molecule has 0 bridgehead atoms. The Balaban J connectivity index is 2.04. The summed E-state index contributed by atoms with van der Waals surface area (Å²) in [5, 5.41) is 2.98. The van der Waals surface area contributed by atoms with Crippen molar-refractivity contribution in [3.63, 3.8) is 0 Å². The van der Waals surface area contributed by atoms with Crippen LogP contribution in [0.2, 0.25) is 0 Å². The molecule has 0 aliphatic carbocycles. The van der Waals surface area contributed by atoms with E-state index in [1.54, 1.807) is 6.07 Å². The summed E-state index contributed by atoms with van der Waals surface area (Å²) in [5.41, 5.74) is 1.78. The molecule has 0 spiro atoms. The second-order valence-corrected chi connectivity index (χ2v) is 6.42. The molecule has 4 heteroatoms. The highest BCUT2D eigenvalue weighted by Gasteiger charge is 2.15. The largest absolute Gasteiger partial charge is 0.492 e. The van der Waals surface area contributed by atoms with Crippen LogP contribution in [0.3, 0.4) is 0 Å². The van der Waals surface area contributed by atoms with Gasteiger partial charge in [-0.25, -0.2) is 0 Å². The molecule has 1 atom stereocenters. The molecule has 1 amide bonds. The molecule has 2 aromatic rings. The highest BCUT2D eigenvalue weighted by Crippen LogP contribution is 2.23. The molecule has 0 fully saturated rings. The van der Waals surface area contributed by atoms with Crippen molar-refractivity contribution >= 4 is 21.8 Å². The Labute approximate surface area is 146 Å². The van der Waals surface area contributed by atoms with Gasteiger partial charge in [-0.15, -0.1) is 0 Å². The Morgan fingerprint density at radius 1 is 1.22 bits per heavy atom. The second kappa shape index (κ2) is 8.73. The normalized spacial score (nSPS) is 11.8. The lowest BCUT2D eigenvalue weighted by Gasteiger charge is -2.15. The number of ether oxygens (including phenoxy) is 1. The molecule has 2 aromatic carbocycles. The first kappa shape index (κ1) is 17.5. The quantitative estimate of drug-likeness (QED) is 0.767. The van der Waals surface area contributed by atoms with Gasteiger partial charge in [0, 0.05) is 16.9 Å². The molecule has 0 saturated carbocycles. The smallest absolute Gasteiger partial charge is 0.255 e. The molecule has 2 rings (SSSR count). The molecule has 3 nitrogen and oxygen atoms in total. The number of amides is 1. The van der Waals surface area contributed by atoms with Crippen LogP contribution in [-0.2, 0) is 6.42 Å². The van der Waals surface area contributed by atoms with Gasteiger partial charge in [0.2, 0.25) is 0 Å². The van der Waals surface area contributed by atoms with Crippen molar-refractivity contribution in [2.24, 2.45) is 0 Å². The fourth-order valence-electron chi connectivity index (χ4n) is 2.13. The van der Waals surface area contributed by atoms with Crippen LogP contribution >= 0.6 is 15.9 Å². The summed E-state index contributed by atoms with van der Waals surface area (Å²) in [6.07, 6.45) is 1.70. The summed E-state index contributed by atoms with van der Waals surface area (Å²) in [6, 6.07) is 15.8. The van der Waals surface area contributed by atoms with Gasteiger partial charge in [-0.1, -0.05) is 53.2 Å². The predicted molar refractivity (Wildman–Crippen MR) is 97.0 cm³/mol. The minimum atomic E-state index is -0.102. The number of rotatable bonds is 7. The first-order chi connectivity index (χ1) is 11.1. The van der Waals surface area contributed by atoms with Crippen molar-refractivity contribution in [3.8, 4) is 5.75 Å². The van der Waals surface area contributed by atoms with E-state index in [1.807, 2.05) is 44.2 Å². The van der Waals surface area contributed by atoms with Crippen LogP contribution in [-0.4, -0.2) is 18.6 Å². The summed E-state index contributed by atoms with van der Waals surface area (Å²) < 4.78 is 6.71. The molecule has 1 N–H and O–H groups in total. The van der Waals surface area contributed by atoms with Gasteiger partial charge < -0.3 is 10.1 Å². The third kappa shape index (κ3) is 5.39. The Bertz CT molecular complexity index is 643. The average Bonchev–Trinajstić information content (AvgIpc) is 2.57. The molecular formula is C19H22BrNO2. The van der Waals surface area contributed by atoms with Crippen molar-refractivity contribution in [1.29, 1.82) is 0 Å². The van der Waals surface area contributed by atoms with E-state index >= 15 is 0 Å². The first-order valence-electron chi connectivity index (χ1n) is 7.87. The van der Waals surface area contributed by atoms with Crippen LogP contribution in [0.15, 0.2) is 53.0 Å². The van der Waals surface area contributed by atoms with Gasteiger partial charge in [0.05, 0.1) is 12.2 Å². The fourth-order valence-corrected chi connectivity index (χ4v) is 2.49. The predicted octanol–water partition coefficient (Wildman–Crippen LogP) is 4.60. The number of carbonyl (C=O) groups is 1. The summed E-state index contributed by atoms with van der Waals surface area (Å²) in [4.78, 5) is 12.4. The number of hydrogen-bond donors (Lipinski definition) is 1. The molecule has 0 radical (unpaired) electrons. The van der Waals surface area contributed by atoms with Crippen molar-refractivity contribution in [1.82, 2.24) is 5.32 Å². The van der Waals surface area contributed by atoms with E-state index < -0.39 is 0 Å². The number of benzene rings is 2. The summed E-state index contributed by atoms with van der Waals surface area (Å²) in [6.45, 7) is 4.57. The van der Waals surface area contributed by atoms with Gasteiger partial charge in [0.25, 0.3) is 5.91 Å². The standard InChI is InChI=1S/C19H22BrNO2/c1-3-14(2)21-19(22)17-13-16(20)9-10-18(17)23-12-11-15-7-5-4-6-8-15/h4-10,13-14H,3,11-12H2,1-2H3,(H,21,22). The van der Waals surface area contributed by atoms with E-state index in [9.17, 15) is 4.79 Å². The maximum atomic E-state index is 12.4. The molecule has 0 heterocycles. The van der Waals surface area contributed by atoms with Crippen molar-refractivity contribution < 1.29 is 9.53 Å². The van der Waals surface area contributed by atoms with E-state index in [0.29, 0.717) is 17.9 Å². The molecule has 0 aliphatic heterocycles. The van der Waals surface area contributed by atoms with Crippen LogP contribution in [0.5, 0.6) is 5.75 Å². The van der Waals surface area contributed by atoms with Crippen molar-refractivity contribution in [2.45, 2.75) is 32.7 Å². The van der Waals surface area contributed by atoms with Crippen molar-refractivity contribution in [3.05, 3.63) is 64.1 Å². The monoisotopic (exact) mass is 375 g/mol. The number of halogens is 1. The molecule has 0 saturated heterocycles. The Kier molecular flexibility index (Phi) is 6.66. The molecule has 0 aromatic heterocycles. The zero-order valence-electron chi connectivity index (χ0n) is 13.5. The SMILES string of the molecule is CCC(C)NC(=O)c1cc(Br)ccc1OCCc1ccccc1. The summed E-state index contributed by atoms with van der Waals surface area (Å²) in [7, 11) is 0. The minimum Gasteiger partial charge on any atom is -0.492 e. The van der Waals surface area contributed by atoms with Gasteiger partial charge in [-0.2, -0.15) is 0 Å². The van der Waals surface area contributed by atoms with Crippen LogP contribution in [0, 0.1) is 0 Å². The topological polar surface area (TPSA) is 38.3 Å². The maximum Gasteiger partial charge on any atom is 0.255 e. The number of nitrogens with one attached hydrogen (secondary N) is 1. The molecule has 23 heavy (non-hydrogen) atoms. The fraction of sp³-hybridized carbons (Fsp3) is 0.316. The highest BCUT2D eigenvalue weighted by molar-refractivity contribution is 9.10. The zero-order valence-corrected chi connectivity index (χ0v) is 15.1. The Morgan fingerprint density at radius 2 is 1.96 bits per heavy atom. The van der Waals surface area contributed by atoms with Crippen LogP contribution < -0.4 is 10.1 Å². The van der Waals surface area contributed by atoms with Gasteiger partial charge >= 0.3 is 0 Å². The zero-order chi connectivity index (χ0) is 16.7. The molecule has 0 aliphatic rings. The third-order valence-corrected chi connectivity index (χ3v) is 4.16. The van der Waals surface area contributed by atoms with Gasteiger partial charge in [-0.05, 0) is 37.1 Å². The van der Waals surface area contributed by atoms with Gasteiger partial charge in [0.1, 0.15) is 5.75 Å². The van der Waals surface area contributed by atoms with E-state index in [-0.39, 0.29) is 11.9 Å². The van der Waals surface area contributed by atoms with Crippen molar-refractivity contribution in [2.75, 3.05) is 6.61 Å². The van der Waals surface area contributed by atoms with E-state index in [4.69, 9.17) is 4.74 Å². The Hall–Kier alpha value is -1.81. The van der Waals surface area contributed by atoms with Crippen LogP contribution in [0.1, 0.15) is 36.2 Å². The minimum absolute atomic E-state index is 0.102. The Morgan fingerprint density at radius 3 is 2.65 bits per heavy atom. The summed E-state index contributed by atoms with van der Waals surface area (Å²) >= 11 is 3.42. The molecule has 122 valence electrons. The third-order valence-electron chi connectivity index (χ3n) is 3.67. The maximum absolute atomic E-state index is 12.4. The van der Waals surface area contributed by atoms with E-state index in [2.05, 4.69) is 33.4 Å². The number of carbonyl (C=O) groups excluding carboxylic acids is 1. The molecule has 1 unspecified atom stereocenters. The average molecular weight is 376 g/mol. The van der Waals surface area contributed by atoms with Crippen LogP contribution in [0.4, 0.5) is 0 Å². The van der Waals surface area contributed by atoms with Crippen LogP contribution in [0.25, 0.3) is 0 Å². The first-order valence-corrected chi connectivity index (χ1v) is 8.66. The number of hydrogen-bond acceptors (Lipinski definition) is 2. The lowest BCUT2D eigenvalue weighted by atomic mass is 10.1.